The molecule has 2 atom stereocenters. The summed E-state index contributed by atoms with van der Waals surface area (Å²) in [6, 6.07) is 9.85. The standard InChI is InChI=1S/C17H21F3N4OS/c1-4-12(13-8-6-5-7-9-13)10-21-14(25)11(2)26-16-23-22-15(24(16)3)17(18,19)20/h5-9,11-12H,4,10H2,1-3H3,(H,21,25)/t11-,12+/m1/s1. The number of carbonyl (C=O) groups excluding carboxylic acids is 1. The predicted molar refractivity (Wildman–Crippen MR) is 93.8 cm³/mol. The quantitative estimate of drug-likeness (QED) is 0.739. The lowest BCUT2D eigenvalue weighted by molar-refractivity contribution is -0.147. The molecule has 1 heterocycles. The summed E-state index contributed by atoms with van der Waals surface area (Å²) in [7, 11) is 1.23. The maximum atomic E-state index is 12.8. The van der Waals surface area contributed by atoms with Gasteiger partial charge < -0.3 is 9.88 Å². The van der Waals surface area contributed by atoms with Crippen molar-refractivity contribution in [1.29, 1.82) is 0 Å². The van der Waals surface area contributed by atoms with Crippen LogP contribution in [0.15, 0.2) is 35.5 Å². The van der Waals surface area contributed by atoms with Crippen LogP contribution >= 0.6 is 11.8 Å². The van der Waals surface area contributed by atoms with E-state index < -0.39 is 17.3 Å². The monoisotopic (exact) mass is 386 g/mol. The largest absolute Gasteiger partial charge is 0.451 e. The van der Waals surface area contributed by atoms with E-state index in [0.29, 0.717) is 6.54 Å². The lowest BCUT2D eigenvalue weighted by Gasteiger charge is -2.18. The number of halogens is 3. The van der Waals surface area contributed by atoms with Gasteiger partial charge in [0.1, 0.15) is 0 Å². The number of aromatic nitrogens is 3. The highest BCUT2D eigenvalue weighted by molar-refractivity contribution is 8.00. The molecule has 5 nitrogen and oxygen atoms in total. The van der Waals surface area contributed by atoms with E-state index in [-0.39, 0.29) is 17.0 Å². The molecule has 0 aliphatic heterocycles. The summed E-state index contributed by atoms with van der Waals surface area (Å²) in [6.07, 6.45) is -3.71. The number of carbonyl (C=O) groups is 1. The topological polar surface area (TPSA) is 59.8 Å². The normalized spacial score (nSPS) is 14.1. The highest BCUT2D eigenvalue weighted by Crippen LogP contribution is 2.30. The summed E-state index contributed by atoms with van der Waals surface area (Å²) in [4.78, 5) is 12.3. The van der Waals surface area contributed by atoms with Gasteiger partial charge in [-0.05, 0) is 18.9 Å². The lowest BCUT2D eigenvalue weighted by atomic mass is 9.96. The Morgan fingerprint density at radius 2 is 1.92 bits per heavy atom. The average molecular weight is 386 g/mol. The fraction of sp³-hybridized carbons (Fsp3) is 0.471. The first-order valence-corrected chi connectivity index (χ1v) is 9.07. The zero-order valence-electron chi connectivity index (χ0n) is 14.7. The Balaban J connectivity index is 1.95. The molecule has 0 aliphatic rings. The number of nitrogens with one attached hydrogen (secondary N) is 1. The van der Waals surface area contributed by atoms with E-state index in [1.807, 2.05) is 37.3 Å². The summed E-state index contributed by atoms with van der Waals surface area (Å²) in [5, 5.41) is 9.03. The third kappa shape index (κ3) is 5.00. The number of hydrogen-bond acceptors (Lipinski definition) is 4. The van der Waals surface area contributed by atoms with Crippen LogP contribution in [0.5, 0.6) is 0 Å². The number of hydrogen-bond donors (Lipinski definition) is 1. The minimum Gasteiger partial charge on any atom is -0.355 e. The highest BCUT2D eigenvalue weighted by Gasteiger charge is 2.37. The van der Waals surface area contributed by atoms with E-state index in [9.17, 15) is 18.0 Å². The van der Waals surface area contributed by atoms with Gasteiger partial charge in [0.2, 0.25) is 11.7 Å². The van der Waals surface area contributed by atoms with Crippen LogP contribution in [0.1, 0.15) is 37.6 Å². The van der Waals surface area contributed by atoms with E-state index in [1.165, 1.54) is 7.05 Å². The van der Waals surface area contributed by atoms with Crippen molar-refractivity contribution < 1.29 is 18.0 Å². The molecule has 0 bridgehead atoms. The van der Waals surface area contributed by atoms with Gasteiger partial charge in [-0.2, -0.15) is 13.2 Å². The van der Waals surface area contributed by atoms with Gasteiger partial charge in [-0.15, -0.1) is 10.2 Å². The average Bonchev–Trinajstić information content (AvgIpc) is 2.97. The van der Waals surface area contributed by atoms with Crippen molar-refractivity contribution in [2.75, 3.05) is 6.54 Å². The summed E-state index contributed by atoms with van der Waals surface area (Å²) in [5.41, 5.74) is 1.14. The van der Waals surface area contributed by atoms with Crippen LogP contribution in [0.25, 0.3) is 0 Å². The smallest absolute Gasteiger partial charge is 0.355 e. The number of amides is 1. The van der Waals surface area contributed by atoms with Crippen LogP contribution in [0.2, 0.25) is 0 Å². The van der Waals surface area contributed by atoms with E-state index in [2.05, 4.69) is 15.5 Å². The molecule has 2 aromatic rings. The maximum Gasteiger partial charge on any atom is 0.451 e. The second-order valence-corrected chi connectivity index (χ2v) is 7.19. The Morgan fingerprint density at radius 3 is 2.46 bits per heavy atom. The zero-order chi connectivity index (χ0) is 19.3. The molecule has 0 spiro atoms. The second-order valence-electron chi connectivity index (χ2n) is 5.88. The zero-order valence-corrected chi connectivity index (χ0v) is 15.6. The second kappa shape index (κ2) is 8.57. The molecule has 1 N–H and O–H groups in total. The Labute approximate surface area is 154 Å². The summed E-state index contributed by atoms with van der Waals surface area (Å²) in [6.45, 7) is 4.14. The minimum absolute atomic E-state index is 0.0510. The molecule has 26 heavy (non-hydrogen) atoms. The van der Waals surface area contributed by atoms with Gasteiger partial charge in [0, 0.05) is 19.5 Å². The van der Waals surface area contributed by atoms with E-state index in [1.54, 1.807) is 6.92 Å². The van der Waals surface area contributed by atoms with Gasteiger partial charge in [-0.1, -0.05) is 49.0 Å². The fourth-order valence-corrected chi connectivity index (χ4v) is 3.31. The first kappa shape index (κ1) is 20.3. The van der Waals surface area contributed by atoms with Crippen LogP contribution < -0.4 is 5.32 Å². The molecule has 2 rings (SSSR count). The number of nitrogens with zero attached hydrogens (tertiary/aromatic N) is 3. The van der Waals surface area contributed by atoms with Gasteiger partial charge in [-0.3, -0.25) is 4.79 Å². The highest BCUT2D eigenvalue weighted by atomic mass is 32.2. The Bertz CT molecular complexity index is 733. The predicted octanol–water partition coefficient (Wildman–Crippen LogP) is 3.62. The van der Waals surface area contributed by atoms with Gasteiger partial charge in [0.05, 0.1) is 5.25 Å². The van der Waals surface area contributed by atoms with Gasteiger partial charge >= 0.3 is 6.18 Å². The van der Waals surface area contributed by atoms with Crippen molar-refractivity contribution in [3.63, 3.8) is 0 Å². The summed E-state index contributed by atoms with van der Waals surface area (Å²) in [5.74, 6) is -1.15. The number of thioether (sulfide) groups is 1. The van der Waals surface area contributed by atoms with E-state index in [4.69, 9.17) is 0 Å². The molecule has 1 aromatic heterocycles. The molecule has 0 unspecified atom stereocenters. The Morgan fingerprint density at radius 1 is 1.27 bits per heavy atom. The third-order valence-electron chi connectivity index (χ3n) is 4.03. The van der Waals surface area contributed by atoms with Crippen LogP contribution in [-0.2, 0) is 18.0 Å². The Kier molecular flexibility index (Phi) is 6.69. The van der Waals surface area contributed by atoms with Crippen molar-refractivity contribution in [3.05, 3.63) is 41.7 Å². The molecule has 1 aromatic carbocycles. The van der Waals surface area contributed by atoms with Crippen molar-refractivity contribution in [2.24, 2.45) is 7.05 Å². The first-order valence-electron chi connectivity index (χ1n) is 8.20. The minimum atomic E-state index is -4.57. The molecular formula is C17H21F3N4OS. The van der Waals surface area contributed by atoms with Crippen molar-refractivity contribution in [2.45, 2.75) is 42.8 Å². The molecular weight excluding hydrogens is 365 g/mol. The van der Waals surface area contributed by atoms with E-state index in [0.717, 1.165) is 28.3 Å². The summed E-state index contributed by atoms with van der Waals surface area (Å²) >= 11 is 0.948. The van der Waals surface area contributed by atoms with Gasteiger partial charge in [0.15, 0.2) is 5.16 Å². The van der Waals surface area contributed by atoms with Crippen LogP contribution in [0, 0.1) is 0 Å². The molecule has 1 amide bonds. The van der Waals surface area contributed by atoms with E-state index >= 15 is 0 Å². The fourth-order valence-electron chi connectivity index (χ4n) is 2.47. The molecule has 0 aliphatic carbocycles. The maximum absolute atomic E-state index is 12.8. The van der Waals surface area contributed by atoms with Crippen molar-refractivity contribution in [3.8, 4) is 0 Å². The van der Waals surface area contributed by atoms with Crippen LogP contribution in [-0.4, -0.2) is 32.5 Å². The van der Waals surface area contributed by atoms with Gasteiger partial charge in [-0.25, -0.2) is 0 Å². The molecule has 142 valence electrons. The molecule has 0 fully saturated rings. The number of rotatable bonds is 7. The van der Waals surface area contributed by atoms with Gasteiger partial charge in [0.25, 0.3) is 0 Å². The Hall–Kier alpha value is -2.03. The van der Waals surface area contributed by atoms with Crippen LogP contribution in [0.4, 0.5) is 13.2 Å². The third-order valence-corrected chi connectivity index (χ3v) is 5.16. The van der Waals surface area contributed by atoms with Crippen molar-refractivity contribution in [1.82, 2.24) is 20.1 Å². The summed E-state index contributed by atoms with van der Waals surface area (Å²) < 4.78 is 39.1. The molecule has 9 heteroatoms. The number of benzene rings is 1. The van der Waals surface area contributed by atoms with Crippen LogP contribution in [0.3, 0.4) is 0 Å². The molecule has 0 radical (unpaired) electrons. The number of alkyl halides is 3. The SMILES string of the molecule is CC[C@@H](CNC(=O)[C@@H](C)Sc1nnc(C(F)(F)F)n1C)c1ccccc1. The molecule has 0 saturated heterocycles. The molecule has 0 saturated carbocycles. The first-order chi connectivity index (χ1) is 12.2. The lowest BCUT2D eigenvalue weighted by Crippen LogP contribution is -2.34. The van der Waals surface area contributed by atoms with Crippen molar-refractivity contribution >= 4 is 17.7 Å².